The molecule has 6 heteroatoms. The highest BCUT2D eigenvalue weighted by Gasteiger charge is 2.17. The van der Waals surface area contributed by atoms with Gasteiger partial charge in [-0.1, -0.05) is 18.2 Å². The number of fused-ring (bicyclic) bond motifs is 1. The summed E-state index contributed by atoms with van der Waals surface area (Å²) in [7, 11) is 1.48. The summed E-state index contributed by atoms with van der Waals surface area (Å²) >= 11 is 0. The normalized spacial score (nSPS) is 10.5. The summed E-state index contributed by atoms with van der Waals surface area (Å²) in [5.41, 5.74) is 1.97. The van der Waals surface area contributed by atoms with E-state index in [0.717, 1.165) is 10.9 Å². The first-order valence-electron chi connectivity index (χ1n) is 8.85. The summed E-state index contributed by atoms with van der Waals surface area (Å²) in [6.45, 7) is 1.83. The smallest absolute Gasteiger partial charge is 0.202 e. The van der Waals surface area contributed by atoms with Gasteiger partial charge >= 0.3 is 0 Å². The van der Waals surface area contributed by atoms with Gasteiger partial charge in [-0.15, -0.1) is 0 Å². The van der Waals surface area contributed by atoms with Gasteiger partial charge < -0.3 is 14.0 Å². The number of ketones is 2. The molecule has 0 saturated heterocycles. The quantitative estimate of drug-likeness (QED) is 0.555. The predicted octanol–water partition coefficient (Wildman–Crippen LogP) is 4.03. The van der Waals surface area contributed by atoms with E-state index in [2.05, 4.69) is 6.07 Å². The molecule has 0 N–H and O–H groups in total. The number of methoxy groups -OCH3 is 1. The minimum Gasteiger partial charge on any atom is -0.493 e. The molecule has 2 aromatic carbocycles. The largest absolute Gasteiger partial charge is 0.493 e. The van der Waals surface area contributed by atoms with Gasteiger partial charge in [-0.05, 0) is 31.2 Å². The Balaban J connectivity index is 1.82. The number of carbonyl (C=O) groups is 2. The number of hydrogen-bond acceptors (Lipinski definition) is 5. The molecule has 0 fully saturated rings. The monoisotopic (exact) mass is 376 g/mol. The van der Waals surface area contributed by atoms with E-state index in [4.69, 9.17) is 14.7 Å². The SMILES string of the molecule is COc1cc(C(C)=O)ccc1OCC(=O)c1cn(CCC#N)c2ccccc12. The van der Waals surface area contributed by atoms with Crippen molar-refractivity contribution in [3.05, 3.63) is 59.8 Å². The summed E-state index contributed by atoms with van der Waals surface area (Å²) in [6, 6.07) is 14.6. The van der Waals surface area contributed by atoms with Crippen LogP contribution >= 0.6 is 0 Å². The number of carbonyl (C=O) groups excluding carboxylic acids is 2. The number of aryl methyl sites for hydroxylation is 1. The van der Waals surface area contributed by atoms with Gasteiger partial charge in [-0.25, -0.2) is 0 Å². The molecule has 1 aromatic heterocycles. The Labute approximate surface area is 162 Å². The highest BCUT2D eigenvalue weighted by Crippen LogP contribution is 2.29. The van der Waals surface area contributed by atoms with E-state index >= 15 is 0 Å². The first kappa shape index (κ1) is 19.2. The summed E-state index contributed by atoms with van der Waals surface area (Å²) in [6.07, 6.45) is 2.13. The standard InChI is InChI=1S/C22H20N2O4/c1-15(25)16-8-9-21(22(12-16)27-2)28-14-20(26)18-13-24(11-5-10-23)19-7-4-3-6-17(18)19/h3-4,6-9,12-13H,5,11,14H2,1-2H3. The maximum absolute atomic E-state index is 12.8. The molecule has 0 spiro atoms. The molecular formula is C22H20N2O4. The molecule has 0 unspecified atom stereocenters. The topological polar surface area (TPSA) is 81.3 Å². The van der Waals surface area contributed by atoms with Crippen LogP contribution in [0.4, 0.5) is 0 Å². The Hall–Kier alpha value is -3.59. The second kappa shape index (κ2) is 8.40. The summed E-state index contributed by atoms with van der Waals surface area (Å²) in [4.78, 5) is 24.3. The van der Waals surface area contributed by atoms with Gasteiger partial charge in [-0.2, -0.15) is 5.26 Å². The van der Waals surface area contributed by atoms with Gasteiger partial charge in [0, 0.05) is 34.8 Å². The highest BCUT2D eigenvalue weighted by molar-refractivity contribution is 6.08. The molecule has 3 rings (SSSR count). The number of nitriles is 1. The third kappa shape index (κ3) is 3.89. The lowest BCUT2D eigenvalue weighted by atomic mass is 10.1. The van der Waals surface area contributed by atoms with Crippen LogP contribution < -0.4 is 9.47 Å². The Morgan fingerprint density at radius 2 is 1.93 bits per heavy atom. The summed E-state index contributed by atoms with van der Waals surface area (Å²) in [5, 5.41) is 9.67. The van der Waals surface area contributed by atoms with E-state index in [1.54, 1.807) is 24.4 Å². The molecule has 0 amide bonds. The average Bonchev–Trinajstić information content (AvgIpc) is 3.09. The van der Waals surface area contributed by atoms with Crippen LogP contribution in [-0.2, 0) is 6.54 Å². The van der Waals surface area contributed by atoms with Gasteiger partial charge in [-0.3, -0.25) is 9.59 Å². The van der Waals surface area contributed by atoms with Crippen LogP contribution in [0, 0.1) is 11.3 Å². The zero-order valence-electron chi connectivity index (χ0n) is 15.8. The molecule has 0 saturated carbocycles. The van der Waals surface area contributed by atoms with Crippen LogP contribution in [0.15, 0.2) is 48.7 Å². The summed E-state index contributed by atoms with van der Waals surface area (Å²) < 4.78 is 12.9. The van der Waals surface area contributed by atoms with Crippen LogP contribution in [0.5, 0.6) is 11.5 Å². The Morgan fingerprint density at radius 3 is 2.64 bits per heavy atom. The molecule has 142 valence electrons. The molecule has 0 radical (unpaired) electrons. The number of Topliss-reactive ketones (excluding diaryl/α,β-unsaturated/α-hetero) is 2. The lowest BCUT2D eigenvalue weighted by molar-refractivity contribution is 0.0919. The second-order valence-electron chi connectivity index (χ2n) is 6.30. The second-order valence-corrected chi connectivity index (χ2v) is 6.30. The molecule has 28 heavy (non-hydrogen) atoms. The van der Waals surface area contributed by atoms with E-state index in [1.165, 1.54) is 14.0 Å². The number of para-hydroxylation sites is 1. The molecule has 0 aliphatic rings. The van der Waals surface area contributed by atoms with Crippen molar-refractivity contribution in [3.8, 4) is 17.6 Å². The van der Waals surface area contributed by atoms with Crippen LogP contribution in [0.2, 0.25) is 0 Å². The van der Waals surface area contributed by atoms with E-state index < -0.39 is 0 Å². The third-order valence-electron chi connectivity index (χ3n) is 4.48. The lowest BCUT2D eigenvalue weighted by Crippen LogP contribution is -2.12. The minimum atomic E-state index is -0.176. The Morgan fingerprint density at radius 1 is 1.14 bits per heavy atom. The average molecular weight is 376 g/mol. The third-order valence-corrected chi connectivity index (χ3v) is 4.48. The van der Waals surface area contributed by atoms with Crippen molar-refractivity contribution < 1.29 is 19.1 Å². The number of nitrogens with zero attached hydrogens (tertiary/aromatic N) is 2. The van der Waals surface area contributed by atoms with Crippen LogP contribution in [0.1, 0.15) is 34.1 Å². The number of benzene rings is 2. The van der Waals surface area contributed by atoms with Gasteiger partial charge in [0.25, 0.3) is 0 Å². The van der Waals surface area contributed by atoms with Crippen LogP contribution in [0.25, 0.3) is 10.9 Å². The zero-order valence-corrected chi connectivity index (χ0v) is 15.8. The van der Waals surface area contributed by atoms with E-state index in [9.17, 15) is 9.59 Å². The number of ether oxygens (including phenoxy) is 2. The minimum absolute atomic E-state index is 0.0777. The number of hydrogen-bond donors (Lipinski definition) is 0. The first-order valence-corrected chi connectivity index (χ1v) is 8.85. The van der Waals surface area contributed by atoms with Gasteiger partial charge in [0.2, 0.25) is 5.78 Å². The maximum atomic E-state index is 12.8. The van der Waals surface area contributed by atoms with Crippen molar-refractivity contribution in [2.75, 3.05) is 13.7 Å². The van der Waals surface area contributed by atoms with Gasteiger partial charge in [0.1, 0.15) is 0 Å². The molecule has 0 atom stereocenters. The van der Waals surface area contributed by atoms with Gasteiger partial charge in [0.05, 0.1) is 19.6 Å². The van der Waals surface area contributed by atoms with E-state index in [0.29, 0.717) is 35.6 Å². The van der Waals surface area contributed by atoms with Crippen LogP contribution in [0.3, 0.4) is 0 Å². The summed E-state index contributed by atoms with van der Waals surface area (Å²) in [5.74, 6) is 0.543. The molecule has 6 nitrogen and oxygen atoms in total. The Bertz CT molecular complexity index is 1080. The van der Waals surface area contributed by atoms with Crippen LogP contribution in [-0.4, -0.2) is 29.9 Å². The van der Waals surface area contributed by atoms with Crippen molar-refractivity contribution in [1.29, 1.82) is 5.26 Å². The van der Waals surface area contributed by atoms with Crippen molar-refractivity contribution in [2.24, 2.45) is 0 Å². The zero-order chi connectivity index (χ0) is 20.1. The number of aromatic nitrogens is 1. The lowest BCUT2D eigenvalue weighted by Gasteiger charge is -2.11. The number of rotatable bonds is 8. The van der Waals surface area contributed by atoms with E-state index in [-0.39, 0.29) is 18.2 Å². The van der Waals surface area contributed by atoms with Crippen molar-refractivity contribution in [2.45, 2.75) is 19.9 Å². The fourth-order valence-corrected chi connectivity index (χ4v) is 3.05. The molecule has 0 aliphatic carbocycles. The first-order chi connectivity index (χ1) is 13.5. The molecule has 0 bridgehead atoms. The van der Waals surface area contributed by atoms with Crippen molar-refractivity contribution in [1.82, 2.24) is 4.57 Å². The molecule has 0 aliphatic heterocycles. The van der Waals surface area contributed by atoms with E-state index in [1.807, 2.05) is 28.8 Å². The van der Waals surface area contributed by atoms with Gasteiger partial charge in [0.15, 0.2) is 23.9 Å². The fraction of sp³-hybridized carbons (Fsp3) is 0.227. The molecule has 1 heterocycles. The maximum Gasteiger partial charge on any atom is 0.202 e. The van der Waals surface area contributed by atoms with Crippen molar-refractivity contribution in [3.63, 3.8) is 0 Å². The molecule has 3 aromatic rings. The predicted molar refractivity (Wildman–Crippen MR) is 105 cm³/mol. The fourth-order valence-electron chi connectivity index (χ4n) is 3.05. The molecular weight excluding hydrogens is 356 g/mol. The van der Waals surface area contributed by atoms with Crippen molar-refractivity contribution >= 4 is 22.5 Å². The highest BCUT2D eigenvalue weighted by atomic mass is 16.5. The Kier molecular flexibility index (Phi) is 5.75.